The zero-order chi connectivity index (χ0) is 22.3. The van der Waals surface area contributed by atoms with Crippen LogP contribution < -0.4 is 16.8 Å². The summed E-state index contributed by atoms with van der Waals surface area (Å²) < 4.78 is 0. The summed E-state index contributed by atoms with van der Waals surface area (Å²) in [5.74, 6) is 0.402. The molecule has 1 atom stereocenters. The molecular formula is C20H30ClN7O2. The summed E-state index contributed by atoms with van der Waals surface area (Å²) in [7, 11) is 1.50. The van der Waals surface area contributed by atoms with Crippen LogP contribution in [0.5, 0.6) is 0 Å². The van der Waals surface area contributed by atoms with Crippen molar-refractivity contribution >= 4 is 34.9 Å². The Morgan fingerprint density at radius 3 is 2.60 bits per heavy atom. The fourth-order valence-corrected chi connectivity index (χ4v) is 3.85. The molecule has 1 aliphatic rings. The topological polar surface area (TPSA) is 140 Å². The monoisotopic (exact) mass is 435 g/mol. The number of nitrogens with two attached hydrogens (primary N) is 2. The van der Waals surface area contributed by atoms with Gasteiger partial charge in [0.1, 0.15) is 17.6 Å². The summed E-state index contributed by atoms with van der Waals surface area (Å²) in [5, 5.41) is 2.85. The molecule has 0 spiro atoms. The molecule has 2 rings (SSSR count). The number of hydrogen-bond acceptors (Lipinski definition) is 7. The van der Waals surface area contributed by atoms with Crippen LogP contribution in [0.15, 0.2) is 17.3 Å². The minimum atomic E-state index is -0.634. The number of aromatic nitrogens is 2. The minimum absolute atomic E-state index is 0.0971. The smallest absolute Gasteiger partial charge is 0.270 e. The average Bonchev–Trinajstić information content (AvgIpc) is 2.70. The first-order chi connectivity index (χ1) is 14.3. The van der Waals surface area contributed by atoms with Gasteiger partial charge in [-0.05, 0) is 69.3 Å². The lowest BCUT2D eigenvalue weighted by Crippen LogP contribution is -2.50. The van der Waals surface area contributed by atoms with Crippen molar-refractivity contribution in [1.29, 1.82) is 0 Å². The predicted molar refractivity (Wildman–Crippen MR) is 118 cm³/mol. The third-order valence-corrected chi connectivity index (χ3v) is 5.56. The Labute approximate surface area is 182 Å². The fourth-order valence-electron chi connectivity index (χ4n) is 3.63. The highest BCUT2D eigenvalue weighted by Crippen LogP contribution is 2.25. The van der Waals surface area contributed by atoms with E-state index in [-0.39, 0.29) is 16.9 Å². The molecule has 0 saturated carbocycles. The average molecular weight is 436 g/mol. The van der Waals surface area contributed by atoms with Gasteiger partial charge < -0.3 is 21.7 Å². The maximum Gasteiger partial charge on any atom is 0.270 e. The number of anilines is 1. The Morgan fingerprint density at radius 1 is 1.37 bits per heavy atom. The third kappa shape index (κ3) is 6.16. The Kier molecular flexibility index (Phi) is 8.58. The Hall–Kier alpha value is -2.68. The molecule has 164 valence electrons. The zero-order valence-corrected chi connectivity index (χ0v) is 18.4. The molecule has 1 saturated heterocycles. The maximum atomic E-state index is 12.7. The second-order valence-corrected chi connectivity index (χ2v) is 7.75. The second kappa shape index (κ2) is 10.9. The van der Waals surface area contributed by atoms with E-state index in [1.54, 1.807) is 11.8 Å². The van der Waals surface area contributed by atoms with E-state index in [1.165, 1.54) is 19.3 Å². The maximum absolute atomic E-state index is 12.7. The molecule has 1 aromatic rings. The van der Waals surface area contributed by atoms with E-state index in [2.05, 4.69) is 20.3 Å². The number of aliphatic imine (C=N–C) groups is 1. The van der Waals surface area contributed by atoms with Crippen LogP contribution in [0.4, 0.5) is 5.82 Å². The van der Waals surface area contributed by atoms with E-state index < -0.39 is 11.9 Å². The normalized spacial score (nSPS) is 16.7. The van der Waals surface area contributed by atoms with Gasteiger partial charge in [-0.15, -0.1) is 0 Å². The van der Waals surface area contributed by atoms with E-state index in [1.807, 2.05) is 6.92 Å². The van der Waals surface area contributed by atoms with Crippen molar-refractivity contribution in [2.75, 3.05) is 25.9 Å². The first-order valence-electron chi connectivity index (χ1n) is 10.00. The van der Waals surface area contributed by atoms with Gasteiger partial charge in [0.2, 0.25) is 11.2 Å². The van der Waals surface area contributed by atoms with Gasteiger partial charge in [0, 0.05) is 31.4 Å². The molecular weight excluding hydrogens is 406 g/mol. The summed E-state index contributed by atoms with van der Waals surface area (Å²) in [5.41, 5.74) is 13.2. The van der Waals surface area contributed by atoms with Crippen LogP contribution in [0, 0.1) is 12.8 Å². The van der Waals surface area contributed by atoms with Crippen LogP contribution in [0.2, 0.25) is 5.28 Å². The molecule has 0 aliphatic carbocycles. The minimum Gasteiger partial charge on any atom is -0.405 e. The number of rotatable bonds is 7. The van der Waals surface area contributed by atoms with Gasteiger partial charge in [0.15, 0.2) is 0 Å². The number of likely N-dealkylation sites (tertiary alicyclic amines) is 1. The van der Waals surface area contributed by atoms with E-state index in [9.17, 15) is 9.59 Å². The number of aryl methyl sites for hydroxylation is 1. The highest BCUT2D eigenvalue weighted by Gasteiger charge is 2.27. The molecule has 1 aliphatic heterocycles. The summed E-state index contributed by atoms with van der Waals surface area (Å²) in [6.45, 7) is 4.88. The first kappa shape index (κ1) is 23.6. The van der Waals surface area contributed by atoms with Crippen LogP contribution in [0.1, 0.15) is 37.4 Å². The quantitative estimate of drug-likeness (QED) is 0.434. The number of piperidine rings is 1. The summed E-state index contributed by atoms with van der Waals surface area (Å²) in [4.78, 5) is 38.7. The van der Waals surface area contributed by atoms with Gasteiger partial charge in [0.05, 0.1) is 0 Å². The van der Waals surface area contributed by atoms with E-state index >= 15 is 0 Å². The molecule has 9 nitrogen and oxygen atoms in total. The molecule has 0 aromatic carbocycles. The van der Waals surface area contributed by atoms with Crippen molar-refractivity contribution in [3.8, 4) is 0 Å². The van der Waals surface area contributed by atoms with Crippen molar-refractivity contribution in [3.63, 3.8) is 0 Å². The molecule has 1 unspecified atom stereocenters. The number of carbonyl (C=O) groups is 2. The SMILES string of the molecule is CN=C(C=CN)C(=O)NC(C)C(=O)N1CCC(CCc2c(C)nc(Cl)nc2N)CC1. The number of nitrogens with zero attached hydrogens (tertiary/aromatic N) is 4. The van der Waals surface area contributed by atoms with Gasteiger partial charge in [-0.3, -0.25) is 14.6 Å². The van der Waals surface area contributed by atoms with Crippen molar-refractivity contribution in [2.45, 2.75) is 45.6 Å². The number of hydrogen-bond donors (Lipinski definition) is 3. The van der Waals surface area contributed by atoms with Crippen molar-refractivity contribution in [1.82, 2.24) is 20.2 Å². The summed E-state index contributed by atoms with van der Waals surface area (Å²) in [6, 6.07) is -0.634. The molecule has 30 heavy (non-hydrogen) atoms. The number of nitrogen functional groups attached to an aromatic ring is 1. The summed E-state index contributed by atoms with van der Waals surface area (Å²) >= 11 is 5.83. The number of carbonyl (C=O) groups excluding carboxylic acids is 2. The predicted octanol–water partition coefficient (Wildman–Crippen LogP) is 1.24. The lowest BCUT2D eigenvalue weighted by atomic mass is 9.90. The first-order valence-corrected chi connectivity index (χ1v) is 10.4. The molecule has 2 heterocycles. The molecule has 2 amide bonds. The van der Waals surface area contributed by atoms with Crippen molar-refractivity contribution < 1.29 is 9.59 Å². The number of nitrogens with one attached hydrogen (secondary N) is 1. The van der Waals surface area contributed by atoms with Gasteiger partial charge in [-0.25, -0.2) is 9.97 Å². The lowest BCUT2D eigenvalue weighted by Gasteiger charge is -2.33. The van der Waals surface area contributed by atoms with Crippen molar-refractivity contribution in [2.24, 2.45) is 16.6 Å². The number of amides is 2. The van der Waals surface area contributed by atoms with Crippen LogP contribution in [-0.2, 0) is 16.0 Å². The Bertz CT molecular complexity index is 809. The van der Waals surface area contributed by atoms with Crippen LogP contribution in [0.25, 0.3) is 0 Å². The second-order valence-electron chi connectivity index (χ2n) is 7.41. The van der Waals surface area contributed by atoms with Gasteiger partial charge in [0.25, 0.3) is 5.91 Å². The molecule has 1 fully saturated rings. The van der Waals surface area contributed by atoms with Gasteiger partial charge in [-0.1, -0.05) is 0 Å². The van der Waals surface area contributed by atoms with E-state index in [4.69, 9.17) is 23.1 Å². The Morgan fingerprint density at radius 2 is 2.03 bits per heavy atom. The molecule has 0 bridgehead atoms. The standard InChI is InChI=1S/C20H30ClN7O2/c1-12-15(17(23)27-20(21)26-12)5-4-14-7-10-28(11-8-14)19(30)13(2)25-18(29)16(24-3)6-9-22/h6,9,13-14H,4-5,7-8,10-11,22H2,1-3H3,(H,25,29)(H2,23,26,27). The molecule has 5 N–H and O–H groups in total. The zero-order valence-electron chi connectivity index (χ0n) is 17.7. The number of halogens is 1. The van der Waals surface area contributed by atoms with Gasteiger partial charge in [-0.2, -0.15) is 0 Å². The van der Waals surface area contributed by atoms with Crippen LogP contribution >= 0.6 is 11.6 Å². The van der Waals surface area contributed by atoms with Crippen molar-refractivity contribution in [3.05, 3.63) is 28.8 Å². The van der Waals surface area contributed by atoms with Crippen LogP contribution in [-0.4, -0.2) is 58.6 Å². The third-order valence-electron chi connectivity index (χ3n) is 5.39. The van der Waals surface area contributed by atoms with Crippen LogP contribution in [0.3, 0.4) is 0 Å². The fraction of sp³-hybridized carbons (Fsp3) is 0.550. The largest absolute Gasteiger partial charge is 0.405 e. The highest BCUT2D eigenvalue weighted by molar-refractivity contribution is 6.43. The summed E-state index contributed by atoms with van der Waals surface area (Å²) in [6.07, 6.45) is 6.18. The lowest BCUT2D eigenvalue weighted by molar-refractivity contribution is -0.136. The highest BCUT2D eigenvalue weighted by atomic mass is 35.5. The Balaban J connectivity index is 1.83. The molecule has 10 heteroatoms. The molecule has 0 radical (unpaired) electrons. The van der Waals surface area contributed by atoms with E-state index in [0.717, 1.165) is 36.9 Å². The van der Waals surface area contributed by atoms with Gasteiger partial charge >= 0.3 is 0 Å². The molecule has 1 aromatic heterocycles. The van der Waals surface area contributed by atoms with E-state index in [0.29, 0.717) is 24.8 Å².